The lowest BCUT2D eigenvalue weighted by molar-refractivity contribution is 0.0952. The quantitative estimate of drug-likeness (QED) is 0.659. The van der Waals surface area contributed by atoms with Gasteiger partial charge in [-0.3, -0.25) is 4.79 Å². The number of carbonyl (C=O) groups excluding carboxylic acids is 1. The van der Waals surface area contributed by atoms with E-state index in [2.05, 4.69) is 4.98 Å². The van der Waals surface area contributed by atoms with Gasteiger partial charge in [-0.15, -0.1) is 0 Å². The summed E-state index contributed by atoms with van der Waals surface area (Å²) in [5.74, 6) is 0.441. The first-order chi connectivity index (χ1) is 8.83. The smallest absolute Gasteiger partial charge is 0.199 e. The van der Waals surface area contributed by atoms with E-state index in [1.54, 1.807) is 18.6 Å². The summed E-state index contributed by atoms with van der Waals surface area (Å²) in [6.45, 7) is 0.621. The fraction of sp³-hybridized carbons (Fsp3) is 0.143. The molecule has 3 rings (SSSR count). The second-order valence-electron chi connectivity index (χ2n) is 4.12. The molecule has 0 fully saturated rings. The van der Waals surface area contributed by atoms with Crippen LogP contribution in [0.5, 0.6) is 0 Å². The highest BCUT2D eigenvalue weighted by Gasteiger charge is 2.11. The number of furan rings is 1. The van der Waals surface area contributed by atoms with Crippen molar-refractivity contribution in [3.8, 4) is 0 Å². The van der Waals surface area contributed by atoms with Crippen molar-refractivity contribution in [3.05, 3.63) is 54.8 Å². The minimum Gasteiger partial charge on any atom is -0.453 e. The summed E-state index contributed by atoms with van der Waals surface area (Å²) in [4.78, 5) is 15.9. The molecule has 0 spiro atoms. The van der Waals surface area contributed by atoms with Crippen molar-refractivity contribution in [2.75, 3.05) is 0 Å². The molecule has 4 heteroatoms. The van der Waals surface area contributed by atoms with Crippen molar-refractivity contribution < 1.29 is 9.21 Å². The van der Waals surface area contributed by atoms with Gasteiger partial charge < -0.3 is 8.98 Å². The summed E-state index contributed by atoms with van der Waals surface area (Å²) in [7, 11) is 0. The Morgan fingerprint density at radius 2 is 2.22 bits per heavy atom. The zero-order chi connectivity index (χ0) is 12.4. The van der Waals surface area contributed by atoms with Crippen LogP contribution in [-0.4, -0.2) is 15.3 Å². The van der Waals surface area contributed by atoms with Crippen molar-refractivity contribution >= 4 is 16.8 Å². The lowest BCUT2D eigenvalue weighted by atomic mass is 10.2. The first-order valence-electron chi connectivity index (χ1n) is 5.80. The van der Waals surface area contributed by atoms with E-state index in [1.807, 2.05) is 35.0 Å². The number of Topliss-reactive ketones (excluding diaryl/α,β-unsaturated/α-hetero) is 1. The molecule has 0 unspecified atom stereocenters. The molecule has 2 aromatic heterocycles. The fourth-order valence-electron chi connectivity index (χ4n) is 1.89. The maximum atomic E-state index is 12.0. The largest absolute Gasteiger partial charge is 0.453 e. The van der Waals surface area contributed by atoms with Crippen molar-refractivity contribution in [1.82, 2.24) is 9.55 Å². The van der Waals surface area contributed by atoms with Crippen molar-refractivity contribution in [3.63, 3.8) is 0 Å². The van der Waals surface area contributed by atoms with Gasteiger partial charge in [0, 0.05) is 30.7 Å². The average Bonchev–Trinajstić information content (AvgIpc) is 3.04. The van der Waals surface area contributed by atoms with Gasteiger partial charge in [0.15, 0.2) is 11.5 Å². The van der Waals surface area contributed by atoms with Gasteiger partial charge in [-0.2, -0.15) is 0 Å². The maximum absolute atomic E-state index is 12.0. The Hall–Kier alpha value is -2.36. The molecule has 4 nitrogen and oxygen atoms in total. The van der Waals surface area contributed by atoms with Crippen LogP contribution in [0.2, 0.25) is 0 Å². The Morgan fingerprint density at radius 3 is 3.00 bits per heavy atom. The highest BCUT2D eigenvalue weighted by atomic mass is 16.3. The lowest BCUT2D eigenvalue weighted by Gasteiger charge is -1.99. The Morgan fingerprint density at radius 1 is 1.33 bits per heavy atom. The van der Waals surface area contributed by atoms with Gasteiger partial charge in [0.2, 0.25) is 0 Å². The monoisotopic (exact) mass is 240 g/mol. The molecule has 3 aromatic rings. The molecule has 2 heterocycles. The molecule has 0 saturated heterocycles. The number of para-hydroxylation sites is 1. The molecule has 0 atom stereocenters. The minimum absolute atomic E-state index is 0.0138. The van der Waals surface area contributed by atoms with Gasteiger partial charge >= 0.3 is 0 Å². The van der Waals surface area contributed by atoms with Crippen LogP contribution < -0.4 is 0 Å². The molecular formula is C14H12N2O2. The summed E-state index contributed by atoms with van der Waals surface area (Å²) in [6.07, 6.45) is 5.65. The third kappa shape index (κ3) is 2.05. The standard InChI is InChI=1S/C14H12N2O2/c17-12(5-7-16-8-6-15-10-16)14-9-11-3-1-2-4-13(11)18-14/h1-4,6,8-10H,5,7H2. The molecule has 0 saturated carbocycles. The van der Waals surface area contributed by atoms with Gasteiger partial charge in [0.1, 0.15) is 5.58 Å². The second kappa shape index (κ2) is 4.49. The predicted octanol–water partition coefficient (Wildman–Crippen LogP) is 2.90. The Bertz CT molecular complexity index is 635. The fourth-order valence-corrected chi connectivity index (χ4v) is 1.89. The number of fused-ring (bicyclic) bond motifs is 1. The van der Waals surface area contributed by atoms with Gasteiger partial charge in [0.05, 0.1) is 6.33 Å². The molecule has 18 heavy (non-hydrogen) atoms. The zero-order valence-corrected chi connectivity index (χ0v) is 9.74. The summed E-state index contributed by atoms with van der Waals surface area (Å²) in [5.41, 5.74) is 0.753. The third-order valence-electron chi connectivity index (χ3n) is 2.86. The third-order valence-corrected chi connectivity index (χ3v) is 2.86. The highest BCUT2D eigenvalue weighted by molar-refractivity contribution is 5.97. The number of hydrogen-bond acceptors (Lipinski definition) is 3. The first kappa shape index (κ1) is 10.8. The Labute approximate surface area is 104 Å². The van der Waals surface area contributed by atoms with Crippen LogP contribution >= 0.6 is 0 Å². The maximum Gasteiger partial charge on any atom is 0.199 e. The van der Waals surface area contributed by atoms with E-state index in [9.17, 15) is 4.79 Å². The van der Waals surface area contributed by atoms with E-state index in [0.29, 0.717) is 18.7 Å². The molecule has 1 aromatic carbocycles. The average molecular weight is 240 g/mol. The van der Waals surface area contributed by atoms with Crippen LogP contribution in [0.4, 0.5) is 0 Å². The molecule has 0 bridgehead atoms. The normalized spacial score (nSPS) is 10.9. The summed E-state index contributed by atoms with van der Waals surface area (Å²) in [6, 6.07) is 9.42. The molecule has 0 aliphatic heterocycles. The van der Waals surface area contributed by atoms with E-state index in [0.717, 1.165) is 11.0 Å². The topological polar surface area (TPSA) is 48.0 Å². The summed E-state index contributed by atoms with van der Waals surface area (Å²) in [5, 5.41) is 0.962. The van der Waals surface area contributed by atoms with Gasteiger partial charge in [-0.25, -0.2) is 4.98 Å². The van der Waals surface area contributed by atoms with Crippen LogP contribution in [0.25, 0.3) is 11.0 Å². The summed E-state index contributed by atoms with van der Waals surface area (Å²) < 4.78 is 7.40. The van der Waals surface area contributed by atoms with Gasteiger partial charge in [-0.1, -0.05) is 18.2 Å². The summed E-state index contributed by atoms with van der Waals surface area (Å²) >= 11 is 0. The number of aromatic nitrogens is 2. The number of nitrogens with zero attached hydrogens (tertiary/aromatic N) is 2. The number of hydrogen-bond donors (Lipinski definition) is 0. The molecular weight excluding hydrogens is 228 g/mol. The molecule has 0 N–H and O–H groups in total. The molecule has 90 valence electrons. The predicted molar refractivity (Wildman–Crippen MR) is 67.4 cm³/mol. The Kier molecular flexibility index (Phi) is 2.68. The van der Waals surface area contributed by atoms with Crippen LogP contribution in [0.15, 0.2) is 53.5 Å². The molecule has 0 aliphatic carbocycles. The number of ketones is 1. The zero-order valence-electron chi connectivity index (χ0n) is 9.74. The second-order valence-corrected chi connectivity index (χ2v) is 4.12. The lowest BCUT2D eigenvalue weighted by Crippen LogP contribution is -2.03. The van der Waals surface area contributed by atoms with E-state index in [-0.39, 0.29) is 5.78 Å². The van der Waals surface area contributed by atoms with Crippen molar-refractivity contribution in [1.29, 1.82) is 0 Å². The minimum atomic E-state index is 0.0138. The van der Waals surface area contributed by atoms with Crippen LogP contribution in [0.3, 0.4) is 0 Å². The van der Waals surface area contributed by atoms with Crippen molar-refractivity contribution in [2.45, 2.75) is 13.0 Å². The number of benzene rings is 1. The van der Waals surface area contributed by atoms with Gasteiger partial charge in [0.25, 0.3) is 0 Å². The molecule has 0 radical (unpaired) electrons. The van der Waals surface area contributed by atoms with E-state index in [4.69, 9.17) is 4.42 Å². The van der Waals surface area contributed by atoms with E-state index in [1.165, 1.54) is 0 Å². The highest BCUT2D eigenvalue weighted by Crippen LogP contribution is 2.19. The van der Waals surface area contributed by atoms with Crippen LogP contribution in [0.1, 0.15) is 17.0 Å². The molecule has 0 aliphatic rings. The molecule has 0 amide bonds. The SMILES string of the molecule is O=C(CCn1ccnc1)c1cc2ccccc2o1. The first-order valence-corrected chi connectivity index (χ1v) is 5.80. The van der Waals surface area contributed by atoms with E-state index >= 15 is 0 Å². The van der Waals surface area contributed by atoms with Crippen LogP contribution in [-0.2, 0) is 6.54 Å². The van der Waals surface area contributed by atoms with Crippen LogP contribution in [0, 0.1) is 0 Å². The van der Waals surface area contributed by atoms with E-state index < -0.39 is 0 Å². The number of carbonyl (C=O) groups is 1. The number of imidazole rings is 1. The van der Waals surface area contributed by atoms with Crippen molar-refractivity contribution in [2.24, 2.45) is 0 Å². The van der Waals surface area contributed by atoms with Gasteiger partial charge in [-0.05, 0) is 12.1 Å². The Balaban J connectivity index is 1.75. The number of rotatable bonds is 4. The number of aryl methyl sites for hydroxylation is 1.